The molecule has 1 aliphatic carbocycles. The number of primary amides is 1. The van der Waals surface area contributed by atoms with Crippen molar-refractivity contribution in [3.63, 3.8) is 0 Å². The maximum Gasteiger partial charge on any atom is 0.325 e. The second kappa shape index (κ2) is 7.79. The van der Waals surface area contributed by atoms with E-state index in [1.54, 1.807) is 48.9 Å². The fraction of sp³-hybridized carbons (Fsp3) is 0.391. The van der Waals surface area contributed by atoms with E-state index in [1.807, 2.05) is 0 Å². The minimum atomic E-state index is -2.86. The Balaban J connectivity index is 1.57. The number of hydrogen-bond donors (Lipinski definition) is 2. The van der Waals surface area contributed by atoms with Gasteiger partial charge in [0.1, 0.15) is 5.54 Å². The molecule has 174 valence electrons. The molecule has 2 aromatic rings. The summed E-state index contributed by atoms with van der Waals surface area (Å²) in [6, 6.07) is 7.57. The first-order chi connectivity index (χ1) is 15.4. The number of nitrogens with zero attached hydrogens (tertiary/aromatic N) is 2. The van der Waals surface area contributed by atoms with Crippen molar-refractivity contribution in [2.24, 2.45) is 12.8 Å². The van der Waals surface area contributed by atoms with Crippen LogP contribution in [0.3, 0.4) is 0 Å². The number of rotatable bonds is 5. The molecule has 0 atom stereocenters. The van der Waals surface area contributed by atoms with E-state index in [2.05, 4.69) is 5.32 Å². The molecule has 2 aliphatic rings. The molecule has 2 fully saturated rings. The van der Waals surface area contributed by atoms with Crippen LogP contribution < -0.4 is 11.1 Å². The molecule has 33 heavy (non-hydrogen) atoms. The van der Waals surface area contributed by atoms with Gasteiger partial charge >= 0.3 is 6.03 Å². The van der Waals surface area contributed by atoms with Crippen LogP contribution >= 0.6 is 0 Å². The molecule has 0 bridgehead atoms. The molecule has 1 aliphatic heterocycles. The third-order valence-electron chi connectivity index (χ3n) is 6.51. The molecule has 2 heterocycles. The van der Waals surface area contributed by atoms with E-state index in [0.717, 1.165) is 10.5 Å². The van der Waals surface area contributed by atoms with Crippen LogP contribution in [0.5, 0.6) is 0 Å². The second-order valence-corrected chi connectivity index (χ2v) is 8.75. The van der Waals surface area contributed by atoms with E-state index in [1.165, 1.54) is 0 Å². The van der Waals surface area contributed by atoms with Crippen LogP contribution in [0.2, 0.25) is 0 Å². The number of Topliss-reactive ketones (excluding diaryl/α,β-unsaturated/α-hetero) is 1. The summed E-state index contributed by atoms with van der Waals surface area (Å²) in [5.74, 6) is -4.55. The Morgan fingerprint density at radius 1 is 1.12 bits per heavy atom. The average Bonchev–Trinajstić information content (AvgIpc) is 3.18. The van der Waals surface area contributed by atoms with Crippen LogP contribution in [0.15, 0.2) is 30.3 Å². The van der Waals surface area contributed by atoms with Crippen molar-refractivity contribution >= 4 is 23.6 Å². The predicted molar refractivity (Wildman–Crippen MR) is 115 cm³/mol. The van der Waals surface area contributed by atoms with Crippen molar-refractivity contribution in [2.75, 3.05) is 6.54 Å². The molecule has 4 rings (SSSR count). The van der Waals surface area contributed by atoms with Gasteiger partial charge in [-0.1, -0.05) is 12.1 Å². The molecule has 4 amide bonds. The molecule has 0 unspecified atom stereocenters. The summed E-state index contributed by atoms with van der Waals surface area (Å²) in [5, 5.41) is 2.54. The highest BCUT2D eigenvalue weighted by atomic mass is 19.3. The molecule has 1 spiro atoms. The van der Waals surface area contributed by atoms with Crippen molar-refractivity contribution in [3.8, 4) is 11.3 Å². The monoisotopic (exact) mass is 458 g/mol. The van der Waals surface area contributed by atoms with E-state index in [9.17, 15) is 28.0 Å². The summed E-state index contributed by atoms with van der Waals surface area (Å²) in [6.45, 7) is 1.30. The lowest BCUT2D eigenvalue weighted by atomic mass is 9.80. The number of alkyl halides is 2. The standard InChI is InChI=1S/C23H24F2N4O4/c1-13-10-16(28(2)18(13)14-4-3-5-15(11-14)19(26)31)17(30)12-29-20(32)22(27-21(29)33)6-8-23(24,25)9-7-22/h3-5,10-11H,6-9,12H2,1-2H3,(H2,26,31)(H,27,33). The van der Waals surface area contributed by atoms with Gasteiger partial charge in [-0.2, -0.15) is 0 Å². The summed E-state index contributed by atoms with van der Waals surface area (Å²) < 4.78 is 28.8. The molecule has 1 aromatic carbocycles. The number of hydrogen-bond acceptors (Lipinski definition) is 4. The highest BCUT2D eigenvalue weighted by Crippen LogP contribution is 2.41. The minimum Gasteiger partial charge on any atom is -0.366 e. The number of aryl methyl sites for hydroxylation is 1. The van der Waals surface area contributed by atoms with Crippen molar-refractivity contribution in [3.05, 3.63) is 47.2 Å². The lowest BCUT2D eigenvalue weighted by Crippen LogP contribution is -2.51. The van der Waals surface area contributed by atoms with Gasteiger partial charge in [0.15, 0.2) is 5.78 Å². The number of amides is 4. The van der Waals surface area contributed by atoms with Gasteiger partial charge in [0.25, 0.3) is 5.91 Å². The summed E-state index contributed by atoms with van der Waals surface area (Å²) in [5.41, 5.74) is 6.71. The lowest BCUT2D eigenvalue weighted by Gasteiger charge is -2.34. The number of halogens is 2. The number of carbonyl (C=O) groups excluding carboxylic acids is 4. The van der Waals surface area contributed by atoms with Crippen LogP contribution in [-0.4, -0.2) is 51.1 Å². The number of carbonyl (C=O) groups is 4. The van der Waals surface area contributed by atoms with E-state index in [-0.39, 0.29) is 18.5 Å². The zero-order valence-electron chi connectivity index (χ0n) is 18.3. The highest BCUT2D eigenvalue weighted by molar-refractivity contribution is 6.11. The zero-order chi connectivity index (χ0) is 24.1. The van der Waals surface area contributed by atoms with Crippen molar-refractivity contribution < 1.29 is 28.0 Å². The Labute approximate surface area is 188 Å². The third kappa shape index (κ3) is 3.90. The van der Waals surface area contributed by atoms with E-state index >= 15 is 0 Å². The van der Waals surface area contributed by atoms with Gasteiger partial charge in [-0.15, -0.1) is 0 Å². The number of aromatic nitrogens is 1. The minimum absolute atomic E-state index is 0.168. The topological polar surface area (TPSA) is 114 Å². The molecular weight excluding hydrogens is 434 g/mol. The van der Waals surface area contributed by atoms with Gasteiger partial charge < -0.3 is 15.6 Å². The number of imide groups is 1. The third-order valence-corrected chi connectivity index (χ3v) is 6.51. The van der Waals surface area contributed by atoms with Gasteiger partial charge in [0.2, 0.25) is 11.8 Å². The SMILES string of the molecule is Cc1cc(C(=O)CN2C(=O)NC3(CCC(F)(F)CC3)C2=O)n(C)c1-c1cccc(C(N)=O)c1. The maximum absolute atomic E-state index is 13.6. The molecule has 1 aromatic heterocycles. The van der Waals surface area contributed by atoms with Gasteiger partial charge in [-0.05, 0) is 49.1 Å². The van der Waals surface area contributed by atoms with E-state index in [0.29, 0.717) is 16.8 Å². The molecule has 8 nitrogen and oxygen atoms in total. The van der Waals surface area contributed by atoms with Crippen molar-refractivity contribution in [1.29, 1.82) is 0 Å². The summed E-state index contributed by atoms with van der Waals surface area (Å²) in [7, 11) is 1.67. The average molecular weight is 458 g/mol. The molecular formula is C23H24F2N4O4. The number of ketones is 1. The number of benzene rings is 1. The van der Waals surface area contributed by atoms with E-state index in [4.69, 9.17) is 5.73 Å². The van der Waals surface area contributed by atoms with Crippen LogP contribution in [0.25, 0.3) is 11.3 Å². The quantitative estimate of drug-likeness (QED) is 0.530. The fourth-order valence-corrected chi connectivity index (χ4v) is 4.69. The first-order valence-electron chi connectivity index (χ1n) is 10.6. The van der Waals surface area contributed by atoms with E-state index < -0.39 is 54.5 Å². The molecule has 10 heteroatoms. The fourth-order valence-electron chi connectivity index (χ4n) is 4.69. The number of nitrogens with one attached hydrogen (secondary N) is 1. The largest absolute Gasteiger partial charge is 0.366 e. The maximum atomic E-state index is 13.6. The second-order valence-electron chi connectivity index (χ2n) is 8.75. The Kier molecular flexibility index (Phi) is 5.34. The Bertz CT molecular complexity index is 1180. The van der Waals surface area contributed by atoms with Crippen LogP contribution in [0.4, 0.5) is 13.6 Å². The van der Waals surface area contributed by atoms with Gasteiger partial charge in [-0.3, -0.25) is 19.3 Å². The van der Waals surface area contributed by atoms with Gasteiger partial charge in [0, 0.05) is 25.5 Å². The van der Waals surface area contributed by atoms with Gasteiger partial charge in [-0.25, -0.2) is 13.6 Å². The summed E-state index contributed by atoms with van der Waals surface area (Å²) in [4.78, 5) is 50.8. The Morgan fingerprint density at radius 2 is 1.79 bits per heavy atom. The first-order valence-corrected chi connectivity index (χ1v) is 10.6. The first kappa shape index (κ1) is 22.6. The smallest absolute Gasteiger partial charge is 0.325 e. The van der Waals surface area contributed by atoms with Gasteiger partial charge in [0.05, 0.1) is 17.9 Å². The van der Waals surface area contributed by atoms with Crippen molar-refractivity contribution in [2.45, 2.75) is 44.1 Å². The Morgan fingerprint density at radius 3 is 2.42 bits per heavy atom. The zero-order valence-corrected chi connectivity index (χ0v) is 18.3. The van der Waals surface area contributed by atoms with Crippen LogP contribution in [0.1, 0.15) is 52.1 Å². The Hall–Kier alpha value is -3.56. The molecule has 1 saturated carbocycles. The van der Waals surface area contributed by atoms with Crippen LogP contribution in [-0.2, 0) is 11.8 Å². The van der Waals surface area contributed by atoms with Crippen LogP contribution in [0, 0.1) is 6.92 Å². The normalized spacial score (nSPS) is 19.1. The molecule has 3 N–H and O–H groups in total. The summed E-state index contributed by atoms with van der Waals surface area (Å²) >= 11 is 0. The molecule has 0 radical (unpaired) electrons. The lowest BCUT2D eigenvalue weighted by molar-refractivity contribution is -0.135. The van der Waals surface area contributed by atoms with Crippen molar-refractivity contribution in [1.82, 2.24) is 14.8 Å². The number of nitrogens with two attached hydrogens (primary N) is 1. The summed E-state index contributed by atoms with van der Waals surface area (Å²) in [6.07, 6.45) is -1.32. The number of urea groups is 1. The molecule has 1 saturated heterocycles. The highest BCUT2D eigenvalue weighted by Gasteiger charge is 2.55. The predicted octanol–water partition coefficient (Wildman–Crippen LogP) is 2.78.